The molecule has 0 spiro atoms. The third kappa shape index (κ3) is 4.73. The Morgan fingerprint density at radius 1 is 0.926 bits per heavy atom. The fraction of sp³-hybridized carbons (Fsp3) is 0.217. The highest BCUT2D eigenvalue weighted by molar-refractivity contribution is 5.87. The summed E-state index contributed by atoms with van der Waals surface area (Å²) < 4.78 is 0. The van der Waals surface area contributed by atoms with Gasteiger partial charge in [-0.05, 0) is 28.3 Å². The second kappa shape index (κ2) is 8.49. The molecule has 27 heavy (non-hydrogen) atoms. The minimum atomic E-state index is -0.940. The predicted molar refractivity (Wildman–Crippen MR) is 106 cm³/mol. The van der Waals surface area contributed by atoms with Crippen LogP contribution < -0.4 is 0 Å². The van der Waals surface area contributed by atoms with Gasteiger partial charge in [0.05, 0.1) is 5.92 Å². The van der Waals surface area contributed by atoms with Crippen LogP contribution in [0, 0.1) is 5.92 Å². The molecular weight excluding hydrogens is 338 g/mol. The zero-order valence-corrected chi connectivity index (χ0v) is 15.3. The van der Waals surface area contributed by atoms with Gasteiger partial charge in [-0.3, -0.25) is 9.59 Å². The number of carbonyl (C=O) groups is 2. The zero-order chi connectivity index (χ0) is 19.2. The van der Waals surface area contributed by atoms with Crippen molar-refractivity contribution in [2.24, 2.45) is 5.92 Å². The van der Waals surface area contributed by atoms with E-state index in [0.29, 0.717) is 13.0 Å². The number of rotatable bonds is 7. The van der Waals surface area contributed by atoms with Gasteiger partial charge in [-0.2, -0.15) is 0 Å². The van der Waals surface area contributed by atoms with Crippen LogP contribution in [0.2, 0.25) is 0 Å². The van der Waals surface area contributed by atoms with E-state index >= 15 is 0 Å². The molecule has 0 saturated carbocycles. The minimum absolute atomic E-state index is 0.0120. The monoisotopic (exact) mass is 361 g/mol. The first-order valence-corrected chi connectivity index (χ1v) is 9.02. The molecule has 0 bridgehead atoms. The number of amides is 1. The van der Waals surface area contributed by atoms with Crippen LogP contribution in [-0.4, -0.2) is 28.9 Å². The summed E-state index contributed by atoms with van der Waals surface area (Å²) >= 11 is 0. The normalized spacial score (nSPS) is 11.9. The molecular formula is C23H23NO3. The number of benzene rings is 3. The molecule has 1 amide bonds. The highest BCUT2D eigenvalue weighted by Crippen LogP contribution is 2.23. The number of carbonyl (C=O) groups excluding carboxylic acids is 1. The third-order valence-electron chi connectivity index (χ3n) is 4.80. The molecule has 138 valence electrons. The standard InChI is InChI=1S/C23H23NO3/c1-24(16-17-8-3-2-4-9-17)22(25)15-20(23(26)27)14-19-12-7-11-18-10-5-6-13-21(18)19/h2-13,20H,14-16H2,1H3,(H,26,27)/t20-/m1/s1. The number of fused-ring (bicyclic) bond motifs is 1. The summed E-state index contributed by atoms with van der Waals surface area (Å²) in [5.74, 6) is -1.85. The van der Waals surface area contributed by atoms with Gasteiger partial charge in [0.15, 0.2) is 0 Å². The maximum Gasteiger partial charge on any atom is 0.307 e. The maximum atomic E-state index is 12.6. The Kier molecular flexibility index (Phi) is 5.87. The largest absolute Gasteiger partial charge is 0.481 e. The van der Waals surface area contributed by atoms with Crippen LogP contribution in [0.3, 0.4) is 0 Å². The van der Waals surface area contributed by atoms with Crippen molar-refractivity contribution < 1.29 is 14.7 Å². The molecule has 1 N–H and O–H groups in total. The highest BCUT2D eigenvalue weighted by atomic mass is 16.4. The summed E-state index contributed by atoms with van der Waals surface area (Å²) in [6.07, 6.45) is 0.323. The number of nitrogens with zero attached hydrogens (tertiary/aromatic N) is 1. The van der Waals surface area contributed by atoms with E-state index in [4.69, 9.17) is 0 Å². The van der Waals surface area contributed by atoms with Crippen LogP contribution >= 0.6 is 0 Å². The van der Waals surface area contributed by atoms with Crippen LogP contribution in [0.4, 0.5) is 0 Å². The third-order valence-corrected chi connectivity index (χ3v) is 4.80. The lowest BCUT2D eigenvalue weighted by atomic mass is 9.92. The fourth-order valence-electron chi connectivity index (χ4n) is 3.29. The van der Waals surface area contributed by atoms with Crippen molar-refractivity contribution in [1.29, 1.82) is 0 Å². The van der Waals surface area contributed by atoms with Crippen molar-refractivity contribution in [3.05, 3.63) is 83.9 Å². The second-order valence-electron chi connectivity index (χ2n) is 6.82. The predicted octanol–water partition coefficient (Wildman–Crippen LogP) is 4.13. The van der Waals surface area contributed by atoms with Gasteiger partial charge in [0.1, 0.15) is 0 Å². The Balaban J connectivity index is 1.72. The zero-order valence-electron chi connectivity index (χ0n) is 15.3. The molecule has 0 unspecified atom stereocenters. The summed E-state index contributed by atoms with van der Waals surface area (Å²) in [7, 11) is 1.71. The Morgan fingerprint density at radius 2 is 1.59 bits per heavy atom. The summed E-state index contributed by atoms with van der Waals surface area (Å²) in [6.45, 7) is 0.473. The van der Waals surface area contributed by atoms with E-state index in [9.17, 15) is 14.7 Å². The molecule has 4 nitrogen and oxygen atoms in total. The van der Waals surface area contributed by atoms with Gasteiger partial charge in [0.25, 0.3) is 0 Å². The minimum Gasteiger partial charge on any atom is -0.481 e. The molecule has 1 atom stereocenters. The lowest BCUT2D eigenvalue weighted by Gasteiger charge is -2.20. The molecule has 3 rings (SSSR count). The molecule has 0 aliphatic rings. The molecule has 0 aliphatic heterocycles. The molecule has 0 heterocycles. The number of aliphatic carboxylic acids is 1. The molecule has 0 aromatic heterocycles. The molecule has 0 aliphatic carbocycles. The van der Waals surface area contributed by atoms with E-state index in [1.54, 1.807) is 11.9 Å². The first kappa shape index (κ1) is 18.6. The summed E-state index contributed by atoms with van der Waals surface area (Å²) in [5, 5.41) is 11.8. The number of hydrogen-bond acceptors (Lipinski definition) is 2. The van der Waals surface area contributed by atoms with Crippen molar-refractivity contribution >= 4 is 22.6 Å². The average molecular weight is 361 g/mol. The summed E-state index contributed by atoms with van der Waals surface area (Å²) in [4.78, 5) is 26.0. The number of carboxylic acids is 1. The number of hydrogen-bond donors (Lipinski definition) is 1. The first-order chi connectivity index (χ1) is 13.0. The Morgan fingerprint density at radius 3 is 2.33 bits per heavy atom. The van der Waals surface area contributed by atoms with Crippen LogP contribution in [-0.2, 0) is 22.6 Å². The van der Waals surface area contributed by atoms with Gasteiger partial charge in [-0.15, -0.1) is 0 Å². The molecule has 0 radical (unpaired) electrons. The fourth-order valence-corrected chi connectivity index (χ4v) is 3.29. The van der Waals surface area contributed by atoms with Crippen LogP contribution in [0.5, 0.6) is 0 Å². The number of carboxylic acid groups (broad SMARTS) is 1. The summed E-state index contributed by atoms with van der Waals surface area (Å²) in [5.41, 5.74) is 1.98. The van der Waals surface area contributed by atoms with Crippen LogP contribution in [0.25, 0.3) is 10.8 Å². The molecule has 0 saturated heterocycles. The second-order valence-corrected chi connectivity index (χ2v) is 6.82. The maximum absolute atomic E-state index is 12.6. The van der Waals surface area contributed by atoms with Crippen molar-refractivity contribution in [1.82, 2.24) is 4.90 Å². The van der Waals surface area contributed by atoms with Gasteiger partial charge >= 0.3 is 5.97 Å². The van der Waals surface area contributed by atoms with E-state index < -0.39 is 11.9 Å². The van der Waals surface area contributed by atoms with Gasteiger partial charge in [0.2, 0.25) is 5.91 Å². The first-order valence-electron chi connectivity index (χ1n) is 9.02. The molecule has 4 heteroatoms. The molecule has 3 aromatic carbocycles. The van der Waals surface area contributed by atoms with Gasteiger partial charge in [-0.1, -0.05) is 72.8 Å². The molecule has 3 aromatic rings. The summed E-state index contributed by atoms with van der Waals surface area (Å²) in [6, 6.07) is 23.5. The lowest BCUT2D eigenvalue weighted by molar-refractivity contribution is -0.145. The van der Waals surface area contributed by atoms with Crippen molar-refractivity contribution in [2.45, 2.75) is 19.4 Å². The van der Waals surface area contributed by atoms with Crippen molar-refractivity contribution in [2.75, 3.05) is 7.05 Å². The Hall–Kier alpha value is -3.14. The van der Waals surface area contributed by atoms with E-state index in [1.165, 1.54) is 0 Å². The van der Waals surface area contributed by atoms with Gasteiger partial charge in [-0.25, -0.2) is 0 Å². The van der Waals surface area contributed by atoms with Crippen molar-refractivity contribution in [3.8, 4) is 0 Å². The Labute approximate surface area is 159 Å². The average Bonchev–Trinajstić information content (AvgIpc) is 2.68. The van der Waals surface area contributed by atoms with E-state index in [1.807, 2.05) is 72.8 Å². The van der Waals surface area contributed by atoms with E-state index in [2.05, 4.69) is 0 Å². The lowest BCUT2D eigenvalue weighted by Crippen LogP contribution is -2.31. The van der Waals surface area contributed by atoms with E-state index in [-0.39, 0.29) is 12.3 Å². The van der Waals surface area contributed by atoms with Gasteiger partial charge in [0, 0.05) is 20.0 Å². The topological polar surface area (TPSA) is 57.6 Å². The quantitative estimate of drug-likeness (QED) is 0.688. The SMILES string of the molecule is CN(Cc1ccccc1)C(=O)C[C@@H](Cc1cccc2ccccc12)C(=O)O. The van der Waals surface area contributed by atoms with Crippen LogP contribution in [0.15, 0.2) is 72.8 Å². The Bertz CT molecular complexity index is 931. The van der Waals surface area contributed by atoms with E-state index in [0.717, 1.165) is 21.9 Å². The van der Waals surface area contributed by atoms with Crippen molar-refractivity contribution in [3.63, 3.8) is 0 Å². The highest BCUT2D eigenvalue weighted by Gasteiger charge is 2.24. The smallest absolute Gasteiger partial charge is 0.307 e. The van der Waals surface area contributed by atoms with Crippen LogP contribution in [0.1, 0.15) is 17.5 Å². The molecule has 0 fully saturated rings. The van der Waals surface area contributed by atoms with Gasteiger partial charge < -0.3 is 10.0 Å².